The number of piperazine rings is 1. The maximum atomic E-state index is 12.6. The van der Waals surface area contributed by atoms with E-state index in [2.05, 4.69) is 54.1 Å². The number of benzene rings is 1. The molecule has 23 heavy (non-hydrogen) atoms. The van der Waals surface area contributed by atoms with Gasteiger partial charge in [-0.3, -0.25) is 4.79 Å². The zero-order chi connectivity index (χ0) is 15.7. The van der Waals surface area contributed by atoms with E-state index in [0.717, 1.165) is 39.3 Å². The van der Waals surface area contributed by atoms with Crippen LogP contribution in [0.15, 0.2) is 18.2 Å². The molecule has 2 fully saturated rings. The number of halogens is 1. The van der Waals surface area contributed by atoms with Crippen LogP contribution in [0, 0.1) is 25.7 Å². The summed E-state index contributed by atoms with van der Waals surface area (Å²) in [5, 5.41) is 3.33. The van der Waals surface area contributed by atoms with E-state index in [1.54, 1.807) is 0 Å². The van der Waals surface area contributed by atoms with Crippen LogP contribution in [0.5, 0.6) is 0 Å². The first kappa shape index (κ1) is 18.1. The summed E-state index contributed by atoms with van der Waals surface area (Å²) in [7, 11) is 0. The van der Waals surface area contributed by atoms with Crippen molar-refractivity contribution in [2.45, 2.75) is 20.8 Å². The van der Waals surface area contributed by atoms with Gasteiger partial charge < -0.3 is 15.1 Å². The topological polar surface area (TPSA) is 35.6 Å². The predicted molar refractivity (Wildman–Crippen MR) is 97.5 cm³/mol. The highest BCUT2D eigenvalue weighted by atomic mass is 35.5. The third kappa shape index (κ3) is 3.64. The normalized spacial score (nSPS) is 24.5. The Balaban J connectivity index is 0.00000192. The summed E-state index contributed by atoms with van der Waals surface area (Å²) in [4.78, 5) is 17.1. The molecule has 2 saturated heterocycles. The van der Waals surface area contributed by atoms with E-state index in [0.29, 0.717) is 11.8 Å². The Labute approximate surface area is 145 Å². The van der Waals surface area contributed by atoms with Crippen LogP contribution in [-0.4, -0.2) is 50.1 Å². The lowest BCUT2D eigenvalue weighted by atomic mass is 9.96. The highest BCUT2D eigenvalue weighted by Gasteiger charge is 2.34. The molecule has 0 aliphatic carbocycles. The number of aryl methyl sites for hydroxylation is 1. The van der Waals surface area contributed by atoms with Gasteiger partial charge in [0.15, 0.2) is 0 Å². The Hall–Kier alpha value is -1.26. The molecule has 2 aliphatic heterocycles. The van der Waals surface area contributed by atoms with E-state index in [1.807, 2.05) is 0 Å². The predicted octanol–water partition coefficient (Wildman–Crippen LogP) is 2.23. The van der Waals surface area contributed by atoms with Gasteiger partial charge in [0.25, 0.3) is 0 Å². The van der Waals surface area contributed by atoms with Crippen molar-refractivity contribution in [1.29, 1.82) is 0 Å². The molecule has 0 aromatic heterocycles. The maximum absolute atomic E-state index is 12.6. The molecule has 5 heteroatoms. The third-order valence-corrected chi connectivity index (χ3v) is 5.34. The van der Waals surface area contributed by atoms with Gasteiger partial charge in [-0.1, -0.05) is 19.1 Å². The van der Waals surface area contributed by atoms with Crippen LogP contribution < -0.4 is 10.2 Å². The van der Waals surface area contributed by atoms with Gasteiger partial charge in [-0.2, -0.15) is 0 Å². The Morgan fingerprint density at radius 1 is 1.13 bits per heavy atom. The van der Waals surface area contributed by atoms with Crippen molar-refractivity contribution in [3.8, 4) is 0 Å². The second kappa shape index (κ2) is 7.54. The molecule has 1 aromatic carbocycles. The van der Waals surface area contributed by atoms with E-state index < -0.39 is 0 Å². The number of amides is 1. The zero-order valence-electron chi connectivity index (χ0n) is 14.3. The van der Waals surface area contributed by atoms with Crippen LogP contribution in [0.4, 0.5) is 5.69 Å². The fourth-order valence-electron chi connectivity index (χ4n) is 3.62. The number of nitrogens with one attached hydrogen (secondary N) is 1. The van der Waals surface area contributed by atoms with Crippen molar-refractivity contribution in [3.05, 3.63) is 29.3 Å². The molecule has 0 bridgehead atoms. The molecule has 3 rings (SSSR count). The number of carbonyl (C=O) groups excluding carboxylic acids is 1. The number of rotatable bonds is 2. The number of anilines is 1. The lowest BCUT2D eigenvalue weighted by Crippen LogP contribution is -2.51. The van der Waals surface area contributed by atoms with Crippen LogP contribution in [0.25, 0.3) is 0 Å². The average Bonchev–Trinajstić information content (AvgIpc) is 2.96. The van der Waals surface area contributed by atoms with Crippen LogP contribution in [0.1, 0.15) is 18.1 Å². The largest absolute Gasteiger partial charge is 0.368 e. The first-order chi connectivity index (χ1) is 10.6. The highest BCUT2D eigenvalue weighted by molar-refractivity contribution is 5.85. The molecule has 2 atom stereocenters. The SMILES string of the molecule is Cc1cccc(N2CCN(C(=O)[C@@H]3CNC[C@H]3C)CC2)c1C.Cl. The van der Waals surface area contributed by atoms with Gasteiger partial charge in [0, 0.05) is 38.4 Å². The van der Waals surface area contributed by atoms with E-state index >= 15 is 0 Å². The standard InChI is InChI=1S/C18H27N3O.ClH/c1-13-5-4-6-17(15(13)3)20-7-9-21(10-8-20)18(22)16-12-19-11-14(16)2;/h4-6,14,16,19H,7-12H2,1-3H3;1H/t14-,16-;/m1./s1. The minimum Gasteiger partial charge on any atom is -0.368 e. The summed E-state index contributed by atoms with van der Waals surface area (Å²) >= 11 is 0. The quantitative estimate of drug-likeness (QED) is 0.899. The summed E-state index contributed by atoms with van der Waals surface area (Å²) in [6.07, 6.45) is 0. The summed E-state index contributed by atoms with van der Waals surface area (Å²) in [5.41, 5.74) is 4.01. The van der Waals surface area contributed by atoms with Gasteiger partial charge in [-0.15, -0.1) is 12.4 Å². The molecule has 1 N–H and O–H groups in total. The Morgan fingerprint density at radius 2 is 1.83 bits per heavy atom. The molecule has 2 heterocycles. The summed E-state index contributed by atoms with van der Waals surface area (Å²) < 4.78 is 0. The lowest BCUT2D eigenvalue weighted by molar-refractivity contribution is -0.136. The second-order valence-corrected chi connectivity index (χ2v) is 6.77. The van der Waals surface area contributed by atoms with Gasteiger partial charge in [-0.05, 0) is 43.5 Å². The lowest BCUT2D eigenvalue weighted by Gasteiger charge is -2.38. The Morgan fingerprint density at radius 3 is 2.43 bits per heavy atom. The number of hydrogen-bond donors (Lipinski definition) is 1. The van der Waals surface area contributed by atoms with Crippen LogP contribution >= 0.6 is 12.4 Å². The van der Waals surface area contributed by atoms with Crippen LogP contribution in [-0.2, 0) is 4.79 Å². The van der Waals surface area contributed by atoms with Crippen LogP contribution in [0.3, 0.4) is 0 Å². The Bertz CT molecular complexity index is 555. The Kier molecular flexibility index (Phi) is 5.93. The van der Waals surface area contributed by atoms with Crippen molar-refractivity contribution in [3.63, 3.8) is 0 Å². The molecule has 0 saturated carbocycles. The van der Waals surface area contributed by atoms with Crippen molar-refractivity contribution in [2.24, 2.45) is 11.8 Å². The number of carbonyl (C=O) groups is 1. The molecule has 4 nitrogen and oxygen atoms in total. The molecule has 1 amide bonds. The van der Waals surface area contributed by atoms with Gasteiger partial charge in [-0.25, -0.2) is 0 Å². The van der Waals surface area contributed by atoms with Crippen LogP contribution in [0.2, 0.25) is 0 Å². The monoisotopic (exact) mass is 337 g/mol. The van der Waals surface area contributed by atoms with Gasteiger partial charge in [0.05, 0.1) is 5.92 Å². The smallest absolute Gasteiger partial charge is 0.227 e. The average molecular weight is 338 g/mol. The molecular weight excluding hydrogens is 310 g/mol. The fraction of sp³-hybridized carbons (Fsp3) is 0.611. The first-order valence-electron chi connectivity index (χ1n) is 8.38. The van der Waals surface area contributed by atoms with Crippen molar-refractivity contribution < 1.29 is 4.79 Å². The van der Waals surface area contributed by atoms with E-state index in [-0.39, 0.29) is 18.3 Å². The summed E-state index contributed by atoms with van der Waals surface area (Å²) in [6, 6.07) is 6.48. The molecule has 0 unspecified atom stereocenters. The number of nitrogens with zero attached hydrogens (tertiary/aromatic N) is 2. The summed E-state index contributed by atoms with van der Waals surface area (Å²) in [6.45, 7) is 11.9. The minimum atomic E-state index is 0. The molecule has 2 aliphatic rings. The van der Waals surface area contributed by atoms with E-state index in [1.165, 1.54) is 16.8 Å². The van der Waals surface area contributed by atoms with Gasteiger partial charge in [0.1, 0.15) is 0 Å². The van der Waals surface area contributed by atoms with Crippen molar-refractivity contribution in [1.82, 2.24) is 10.2 Å². The minimum absolute atomic E-state index is 0. The van der Waals surface area contributed by atoms with Crippen molar-refractivity contribution in [2.75, 3.05) is 44.2 Å². The highest BCUT2D eigenvalue weighted by Crippen LogP contribution is 2.25. The zero-order valence-corrected chi connectivity index (χ0v) is 15.2. The molecule has 0 spiro atoms. The summed E-state index contributed by atoms with van der Waals surface area (Å²) in [5.74, 6) is 0.981. The second-order valence-electron chi connectivity index (χ2n) is 6.77. The third-order valence-electron chi connectivity index (χ3n) is 5.34. The van der Waals surface area contributed by atoms with E-state index in [4.69, 9.17) is 0 Å². The molecule has 0 radical (unpaired) electrons. The van der Waals surface area contributed by atoms with Gasteiger partial charge in [0.2, 0.25) is 5.91 Å². The van der Waals surface area contributed by atoms with Gasteiger partial charge >= 0.3 is 0 Å². The molecule has 128 valence electrons. The number of hydrogen-bond acceptors (Lipinski definition) is 3. The molecular formula is C18H28ClN3O. The first-order valence-corrected chi connectivity index (χ1v) is 8.38. The van der Waals surface area contributed by atoms with E-state index in [9.17, 15) is 4.79 Å². The van der Waals surface area contributed by atoms with Crippen molar-refractivity contribution >= 4 is 24.0 Å². The molecule has 1 aromatic rings. The maximum Gasteiger partial charge on any atom is 0.227 e. The fourth-order valence-corrected chi connectivity index (χ4v) is 3.62.